The minimum Gasteiger partial charge on any atom is -0.440 e. The number of hydrogen-bond donors (Lipinski definition) is 1. The highest BCUT2D eigenvalue weighted by atomic mass is 32.2. The molecule has 0 unspecified atom stereocenters. The fraction of sp³-hybridized carbons (Fsp3) is 0.273. The second-order valence-corrected chi connectivity index (χ2v) is 4.60. The standard InChI is InChI=1S/C11H12N4O3S/c1-2-3-12-9-6-8(15(16)17)7-10(14-9)19-11-13-4-5-18-11/h4-7H,2-3H2,1H3,(H,12,14). The minimum atomic E-state index is -0.446. The van der Waals surface area contributed by atoms with E-state index in [2.05, 4.69) is 15.3 Å². The maximum atomic E-state index is 10.9. The first-order chi connectivity index (χ1) is 9.19. The molecule has 2 rings (SSSR count). The van der Waals surface area contributed by atoms with Crippen molar-refractivity contribution in [1.82, 2.24) is 9.97 Å². The van der Waals surface area contributed by atoms with Gasteiger partial charge in [0, 0.05) is 12.6 Å². The fourth-order valence-electron chi connectivity index (χ4n) is 1.34. The molecule has 19 heavy (non-hydrogen) atoms. The van der Waals surface area contributed by atoms with Gasteiger partial charge in [0.25, 0.3) is 10.9 Å². The van der Waals surface area contributed by atoms with E-state index in [0.717, 1.165) is 18.2 Å². The molecule has 0 saturated carbocycles. The minimum absolute atomic E-state index is 0.0114. The van der Waals surface area contributed by atoms with Crippen molar-refractivity contribution >= 4 is 23.3 Å². The highest BCUT2D eigenvalue weighted by Crippen LogP contribution is 2.29. The highest BCUT2D eigenvalue weighted by Gasteiger charge is 2.13. The number of hydrogen-bond acceptors (Lipinski definition) is 7. The molecular formula is C11H12N4O3S. The third-order valence-electron chi connectivity index (χ3n) is 2.16. The number of rotatable bonds is 6. The van der Waals surface area contributed by atoms with Crippen LogP contribution < -0.4 is 5.32 Å². The largest absolute Gasteiger partial charge is 0.440 e. The lowest BCUT2D eigenvalue weighted by atomic mass is 10.4. The molecule has 1 N–H and O–H groups in total. The molecule has 0 fully saturated rings. The summed E-state index contributed by atoms with van der Waals surface area (Å²) in [7, 11) is 0. The lowest BCUT2D eigenvalue weighted by Gasteiger charge is -2.05. The van der Waals surface area contributed by atoms with E-state index in [1.807, 2.05) is 6.92 Å². The Hall–Kier alpha value is -2.09. The zero-order chi connectivity index (χ0) is 13.7. The molecule has 0 saturated heterocycles. The molecule has 0 amide bonds. The third-order valence-corrected chi connectivity index (χ3v) is 2.95. The summed E-state index contributed by atoms with van der Waals surface area (Å²) in [6.45, 7) is 2.71. The number of oxazole rings is 1. The van der Waals surface area contributed by atoms with Crippen LogP contribution in [-0.4, -0.2) is 21.4 Å². The van der Waals surface area contributed by atoms with Crippen LogP contribution in [0, 0.1) is 10.1 Å². The first-order valence-corrected chi connectivity index (χ1v) is 6.48. The number of nitrogens with one attached hydrogen (secondary N) is 1. The summed E-state index contributed by atoms with van der Waals surface area (Å²) in [5.74, 6) is 0.477. The number of pyridine rings is 1. The lowest BCUT2D eigenvalue weighted by molar-refractivity contribution is -0.385. The summed E-state index contributed by atoms with van der Waals surface area (Å²) in [5.41, 5.74) is -0.0114. The Morgan fingerprint density at radius 1 is 1.53 bits per heavy atom. The molecular weight excluding hydrogens is 268 g/mol. The number of aromatic nitrogens is 2. The zero-order valence-corrected chi connectivity index (χ0v) is 11.0. The van der Waals surface area contributed by atoms with E-state index in [-0.39, 0.29) is 5.69 Å². The normalized spacial score (nSPS) is 10.4. The summed E-state index contributed by atoms with van der Waals surface area (Å²) >= 11 is 1.14. The molecule has 0 aliphatic rings. The van der Waals surface area contributed by atoms with E-state index < -0.39 is 4.92 Å². The molecule has 2 aromatic heterocycles. The molecule has 2 aromatic rings. The summed E-state index contributed by atoms with van der Waals surface area (Å²) in [5, 5.41) is 14.8. The average molecular weight is 280 g/mol. The monoisotopic (exact) mass is 280 g/mol. The summed E-state index contributed by atoms with van der Waals surface area (Å²) in [4.78, 5) is 18.7. The first-order valence-electron chi connectivity index (χ1n) is 5.66. The van der Waals surface area contributed by atoms with Crippen LogP contribution >= 0.6 is 11.8 Å². The van der Waals surface area contributed by atoms with Gasteiger partial charge in [0.05, 0.1) is 17.2 Å². The van der Waals surface area contributed by atoms with Crippen molar-refractivity contribution in [1.29, 1.82) is 0 Å². The van der Waals surface area contributed by atoms with Crippen LogP contribution in [0.1, 0.15) is 13.3 Å². The topological polar surface area (TPSA) is 94.1 Å². The van der Waals surface area contributed by atoms with Gasteiger partial charge in [-0.3, -0.25) is 10.1 Å². The number of anilines is 1. The molecule has 0 aliphatic carbocycles. The first kappa shape index (κ1) is 13.3. The van der Waals surface area contributed by atoms with Crippen LogP contribution in [0.4, 0.5) is 11.5 Å². The van der Waals surface area contributed by atoms with Gasteiger partial charge in [0.1, 0.15) is 17.1 Å². The van der Waals surface area contributed by atoms with Gasteiger partial charge in [-0.15, -0.1) is 0 Å². The Balaban J connectivity index is 2.25. The van der Waals surface area contributed by atoms with Crippen molar-refractivity contribution in [2.24, 2.45) is 0 Å². The molecule has 0 aliphatic heterocycles. The summed E-state index contributed by atoms with van der Waals surface area (Å²) in [6.07, 6.45) is 3.86. The van der Waals surface area contributed by atoms with Gasteiger partial charge in [-0.25, -0.2) is 9.97 Å². The molecule has 2 heterocycles. The van der Waals surface area contributed by atoms with Crippen LogP contribution in [0.25, 0.3) is 0 Å². The van der Waals surface area contributed by atoms with Gasteiger partial charge in [-0.05, 0) is 18.2 Å². The summed E-state index contributed by atoms with van der Waals surface area (Å²) < 4.78 is 5.08. The molecule has 100 valence electrons. The van der Waals surface area contributed by atoms with E-state index in [4.69, 9.17) is 4.42 Å². The molecule has 8 heteroatoms. The van der Waals surface area contributed by atoms with E-state index in [9.17, 15) is 10.1 Å². The van der Waals surface area contributed by atoms with Gasteiger partial charge in [0.2, 0.25) is 0 Å². The van der Waals surface area contributed by atoms with Gasteiger partial charge >= 0.3 is 0 Å². The average Bonchev–Trinajstić information content (AvgIpc) is 2.89. The Bertz CT molecular complexity index is 559. The predicted molar refractivity (Wildman–Crippen MR) is 70.3 cm³/mol. The van der Waals surface area contributed by atoms with Gasteiger partial charge < -0.3 is 9.73 Å². The van der Waals surface area contributed by atoms with E-state index in [1.54, 1.807) is 0 Å². The summed E-state index contributed by atoms with van der Waals surface area (Å²) in [6, 6.07) is 2.81. The quantitative estimate of drug-likeness (QED) is 0.642. The van der Waals surface area contributed by atoms with Crippen molar-refractivity contribution in [3.63, 3.8) is 0 Å². The Morgan fingerprint density at radius 3 is 3.00 bits per heavy atom. The molecule has 0 bridgehead atoms. The molecule has 7 nitrogen and oxygen atoms in total. The van der Waals surface area contributed by atoms with Crippen LogP contribution in [0.5, 0.6) is 0 Å². The highest BCUT2D eigenvalue weighted by molar-refractivity contribution is 7.99. The van der Waals surface area contributed by atoms with Gasteiger partial charge in [-0.1, -0.05) is 6.92 Å². The predicted octanol–water partition coefficient (Wildman–Crippen LogP) is 2.95. The number of nitro groups is 1. The van der Waals surface area contributed by atoms with E-state index in [0.29, 0.717) is 22.6 Å². The van der Waals surface area contributed by atoms with Crippen molar-refractivity contribution in [2.75, 3.05) is 11.9 Å². The maximum Gasteiger partial charge on any atom is 0.275 e. The van der Waals surface area contributed by atoms with Gasteiger partial charge in [-0.2, -0.15) is 0 Å². The smallest absolute Gasteiger partial charge is 0.275 e. The van der Waals surface area contributed by atoms with E-state index in [1.165, 1.54) is 24.6 Å². The fourth-order valence-corrected chi connectivity index (χ4v) is 2.06. The van der Waals surface area contributed by atoms with E-state index >= 15 is 0 Å². The van der Waals surface area contributed by atoms with Crippen LogP contribution in [-0.2, 0) is 0 Å². The lowest BCUT2D eigenvalue weighted by Crippen LogP contribution is -2.03. The molecule has 0 radical (unpaired) electrons. The van der Waals surface area contributed by atoms with Crippen LogP contribution in [0.2, 0.25) is 0 Å². The maximum absolute atomic E-state index is 10.9. The van der Waals surface area contributed by atoms with Crippen molar-refractivity contribution in [3.8, 4) is 0 Å². The van der Waals surface area contributed by atoms with Crippen LogP contribution in [0.3, 0.4) is 0 Å². The third kappa shape index (κ3) is 3.68. The van der Waals surface area contributed by atoms with Crippen LogP contribution in [0.15, 0.2) is 39.3 Å². The molecule has 0 spiro atoms. The SMILES string of the molecule is CCCNc1cc([N+](=O)[O-])cc(Sc2ncco2)n1. The van der Waals surface area contributed by atoms with Crippen molar-refractivity contribution in [2.45, 2.75) is 23.6 Å². The Kier molecular flexibility index (Phi) is 4.35. The van der Waals surface area contributed by atoms with Crippen molar-refractivity contribution < 1.29 is 9.34 Å². The van der Waals surface area contributed by atoms with Crippen molar-refractivity contribution in [3.05, 3.63) is 34.7 Å². The number of nitrogens with zero attached hydrogens (tertiary/aromatic N) is 3. The van der Waals surface area contributed by atoms with Gasteiger partial charge in [0.15, 0.2) is 0 Å². The second kappa shape index (κ2) is 6.19. The Morgan fingerprint density at radius 2 is 2.37 bits per heavy atom. The Labute approximate surface area is 113 Å². The molecule has 0 atom stereocenters. The second-order valence-electron chi connectivity index (χ2n) is 3.63. The zero-order valence-electron chi connectivity index (χ0n) is 10.2. The molecule has 0 aromatic carbocycles.